The number of aromatic nitrogens is 1. The molecule has 0 amide bonds. The molecular weight excluding hydrogens is 280 g/mol. The third kappa shape index (κ3) is 4.04. The second-order valence-corrected chi connectivity index (χ2v) is 4.59. The molecule has 1 heterocycles. The van der Waals surface area contributed by atoms with Gasteiger partial charge < -0.3 is 15.9 Å². The molecule has 0 aliphatic heterocycles. The highest BCUT2D eigenvalue weighted by molar-refractivity contribution is 5.93. The Hall–Kier alpha value is -2.92. The van der Waals surface area contributed by atoms with Gasteiger partial charge in [-0.15, -0.1) is 0 Å². The Labute approximate surface area is 127 Å². The predicted octanol–water partition coefficient (Wildman–Crippen LogP) is 2.78. The van der Waals surface area contributed by atoms with Crippen LogP contribution in [0.25, 0.3) is 10.9 Å². The second-order valence-electron chi connectivity index (χ2n) is 4.59. The maximum atomic E-state index is 10.6. The maximum absolute atomic E-state index is 10.6. The number of phenolic OH excluding ortho intramolecular Hbond substituents is 1. The summed E-state index contributed by atoms with van der Waals surface area (Å²) in [6.45, 7) is 0.528. The summed E-state index contributed by atoms with van der Waals surface area (Å²) >= 11 is 0. The van der Waals surface area contributed by atoms with E-state index in [9.17, 15) is 4.79 Å². The van der Waals surface area contributed by atoms with Crippen molar-refractivity contribution in [3.8, 4) is 5.75 Å². The smallest absolute Gasteiger partial charge is 0.335 e. The van der Waals surface area contributed by atoms with Gasteiger partial charge in [0.05, 0.1) is 11.1 Å². The predicted molar refractivity (Wildman–Crippen MR) is 84.7 cm³/mol. The minimum atomic E-state index is -0.911. The maximum Gasteiger partial charge on any atom is 0.335 e. The van der Waals surface area contributed by atoms with E-state index in [0.29, 0.717) is 12.1 Å². The molecule has 112 valence electrons. The fourth-order valence-corrected chi connectivity index (χ4v) is 1.84. The molecule has 2 aromatic carbocycles. The molecule has 3 rings (SSSR count). The fourth-order valence-electron chi connectivity index (χ4n) is 1.84. The lowest BCUT2D eigenvalue weighted by molar-refractivity contribution is 0.0697. The van der Waals surface area contributed by atoms with E-state index in [2.05, 4.69) is 4.98 Å². The standard InChI is InChI=1S/C10H7NO2.C7H9NO/c12-10(13)8-3-4-9-7(6-8)2-1-5-11-9;8-5-6-1-3-7(9)4-2-6/h1-6H,(H,12,13);1-4,9H,5,8H2. The molecule has 0 bridgehead atoms. The number of benzene rings is 2. The average molecular weight is 296 g/mol. The van der Waals surface area contributed by atoms with E-state index >= 15 is 0 Å². The molecule has 5 heteroatoms. The van der Waals surface area contributed by atoms with Crippen molar-refractivity contribution >= 4 is 16.9 Å². The van der Waals surface area contributed by atoms with Crippen LogP contribution in [0.4, 0.5) is 0 Å². The van der Waals surface area contributed by atoms with Gasteiger partial charge >= 0.3 is 5.97 Å². The van der Waals surface area contributed by atoms with Crippen LogP contribution in [0.1, 0.15) is 15.9 Å². The quantitative estimate of drug-likeness (QED) is 0.675. The summed E-state index contributed by atoms with van der Waals surface area (Å²) in [6, 6.07) is 15.4. The molecule has 0 spiro atoms. The fraction of sp³-hybridized carbons (Fsp3) is 0.0588. The van der Waals surface area contributed by atoms with Gasteiger partial charge in [-0.2, -0.15) is 0 Å². The van der Waals surface area contributed by atoms with Crippen LogP contribution in [0, 0.1) is 0 Å². The molecule has 0 saturated carbocycles. The highest BCUT2D eigenvalue weighted by Gasteiger charge is 2.02. The van der Waals surface area contributed by atoms with E-state index in [0.717, 1.165) is 16.5 Å². The zero-order chi connectivity index (χ0) is 15.9. The summed E-state index contributed by atoms with van der Waals surface area (Å²) in [5.41, 5.74) is 7.46. The third-order valence-electron chi connectivity index (χ3n) is 3.02. The minimum absolute atomic E-state index is 0.284. The normalized spacial score (nSPS) is 9.86. The van der Waals surface area contributed by atoms with Crippen LogP contribution in [0.15, 0.2) is 60.8 Å². The van der Waals surface area contributed by atoms with Gasteiger partial charge in [-0.3, -0.25) is 4.98 Å². The van der Waals surface area contributed by atoms with E-state index in [1.165, 1.54) is 0 Å². The van der Waals surface area contributed by atoms with Crippen LogP contribution in [0.2, 0.25) is 0 Å². The Balaban J connectivity index is 0.000000172. The van der Waals surface area contributed by atoms with Crippen molar-refractivity contribution in [3.05, 3.63) is 71.9 Å². The van der Waals surface area contributed by atoms with Crippen molar-refractivity contribution in [1.82, 2.24) is 4.98 Å². The molecule has 5 nitrogen and oxygen atoms in total. The molecule has 1 aromatic heterocycles. The van der Waals surface area contributed by atoms with Gasteiger partial charge in [0.2, 0.25) is 0 Å². The molecule has 4 N–H and O–H groups in total. The highest BCUT2D eigenvalue weighted by atomic mass is 16.4. The number of fused-ring (bicyclic) bond motifs is 1. The molecule has 3 aromatic rings. The van der Waals surface area contributed by atoms with Crippen LogP contribution < -0.4 is 5.73 Å². The number of nitrogens with zero attached hydrogens (tertiary/aromatic N) is 1. The minimum Gasteiger partial charge on any atom is -0.508 e. The number of hydrogen-bond donors (Lipinski definition) is 3. The van der Waals surface area contributed by atoms with E-state index < -0.39 is 5.97 Å². The molecule has 22 heavy (non-hydrogen) atoms. The first-order valence-corrected chi connectivity index (χ1v) is 6.66. The topological polar surface area (TPSA) is 96.4 Å². The van der Waals surface area contributed by atoms with Gasteiger partial charge in [0.25, 0.3) is 0 Å². The number of nitrogens with two attached hydrogens (primary N) is 1. The van der Waals surface area contributed by atoms with Gasteiger partial charge in [0, 0.05) is 18.1 Å². The molecule has 0 saturated heterocycles. The van der Waals surface area contributed by atoms with Crippen molar-refractivity contribution in [2.24, 2.45) is 5.73 Å². The zero-order valence-electron chi connectivity index (χ0n) is 11.8. The molecular formula is C17H16N2O3. The number of carboxylic acid groups (broad SMARTS) is 1. The number of carboxylic acids is 1. The monoisotopic (exact) mass is 296 g/mol. The van der Waals surface area contributed by atoms with Gasteiger partial charge in [-0.05, 0) is 42.0 Å². The lowest BCUT2D eigenvalue weighted by atomic mass is 10.1. The van der Waals surface area contributed by atoms with E-state index in [1.54, 1.807) is 54.7 Å². The Morgan fingerprint density at radius 3 is 2.45 bits per heavy atom. The first-order chi connectivity index (χ1) is 10.6. The molecule has 0 fully saturated rings. The molecule has 0 aliphatic rings. The first-order valence-electron chi connectivity index (χ1n) is 6.66. The number of aromatic hydroxyl groups is 1. The summed E-state index contributed by atoms with van der Waals surface area (Å²) in [7, 11) is 0. The van der Waals surface area contributed by atoms with Crippen molar-refractivity contribution in [3.63, 3.8) is 0 Å². The molecule has 0 radical (unpaired) electrons. The summed E-state index contributed by atoms with van der Waals surface area (Å²) < 4.78 is 0. The second kappa shape index (κ2) is 7.19. The Morgan fingerprint density at radius 2 is 1.82 bits per heavy atom. The largest absolute Gasteiger partial charge is 0.508 e. The van der Waals surface area contributed by atoms with Crippen LogP contribution >= 0.6 is 0 Å². The zero-order valence-corrected chi connectivity index (χ0v) is 11.8. The first kappa shape index (κ1) is 15.5. The Kier molecular flexibility index (Phi) is 5.06. The SMILES string of the molecule is NCc1ccc(O)cc1.O=C(O)c1ccc2ncccc2c1. The van der Waals surface area contributed by atoms with E-state index in [4.69, 9.17) is 15.9 Å². The van der Waals surface area contributed by atoms with E-state index in [-0.39, 0.29) is 5.75 Å². The molecule has 0 aliphatic carbocycles. The number of hydrogen-bond acceptors (Lipinski definition) is 4. The van der Waals surface area contributed by atoms with Crippen LogP contribution in [-0.2, 0) is 6.54 Å². The van der Waals surface area contributed by atoms with E-state index in [1.807, 2.05) is 6.07 Å². The number of pyridine rings is 1. The van der Waals surface area contributed by atoms with Crippen LogP contribution in [-0.4, -0.2) is 21.2 Å². The van der Waals surface area contributed by atoms with Gasteiger partial charge in [-0.25, -0.2) is 4.79 Å². The number of phenols is 1. The van der Waals surface area contributed by atoms with Crippen molar-refractivity contribution < 1.29 is 15.0 Å². The van der Waals surface area contributed by atoms with Gasteiger partial charge in [0.15, 0.2) is 0 Å². The molecule has 0 unspecified atom stereocenters. The van der Waals surface area contributed by atoms with Crippen molar-refractivity contribution in [2.45, 2.75) is 6.54 Å². The van der Waals surface area contributed by atoms with Gasteiger partial charge in [-0.1, -0.05) is 18.2 Å². The highest BCUT2D eigenvalue weighted by Crippen LogP contribution is 2.12. The number of aromatic carboxylic acids is 1. The van der Waals surface area contributed by atoms with Crippen LogP contribution in [0.3, 0.4) is 0 Å². The van der Waals surface area contributed by atoms with Crippen molar-refractivity contribution in [1.29, 1.82) is 0 Å². The summed E-state index contributed by atoms with van der Waals surface area (Å²) in [5.74, 6) is -0.627. The third-order valence-corrected chi connectivity index (χ3v) is 3.02. The lowest BCUT2D eigenvalue weighted by Gasteiger charge is -1.97. The number of rotatable bonds is 2. The summed E-state index contributed by atoms with van der Waals surface area (Å²) in [5, 5.41) is 18.4. The average Bonchev–Trinajstić information content (AvgIpc) is 2.55. The Bertz CT molecular complexity index is 770. The molecule has 0 atom stereocenters. The van der Waals surface area contributed by atoms with Crippen molar-refractivity contribution in [2.75, 3.05) is 0 Å². The lowest BCUT2D eigenvalue weighted by Crippen LogP contribution is -1.95. The summed E-state index contributed by atoms with van der Waals surface area (Å²) in [4.78, 5) is 14.7. The summed E-state index contributed by atoms with van der Waals surface area (Å²) in [6.07, 6.45) is 1.68. The van der Waals surface area contributed by atoms with Crippen LogP contribution in [0.5, 0.6) is 5.75 Å². The Morgan fingerprint density at radius 1 is 1.09 bits per heavy atom. The van der Waals surface area contributed by atoms with Gasteiger partial charge in [0.1, 0.15) is 5.75 Å². The number of carbonyl (C=O) groups is 1.